The van der Waals surface area contributed by atoms with Gasteiger partial charge in [0, 0.05) is 19.1 Å². The number of fused-ring (bicyclic) bond motifs is 1. The molecule has 1 aromatic carbocycles. The fraction of sp³-hybridized carbons (Fsp3) is 0.600. The summed E-state index contributed by atoms with van der Waals surface area (Å²) in [5.74, 6) is 0. The van der Waals surface area contributed by atoms with Gasteiger partial charge in [0.2, 0.25) is 0 Å². The van der Waals surface area contributed by atoms with Crippen molar-refractivity contribution < 1.29 is 8.42 Å². The lowest BCUT2D eigenvalue weighted by Crippen LogP contribution is -2.45. The molecule has 0 radical (unpaired) electrons. The minimum atomic E-state index is -3.45. The molecule has 1 unspecified atom stereocenters. The van der Waals surface area contributed by atoms with E-state index in [1.54, 1.807) is 0 Å². The van der Waals surface area contributed by atoms with Gasteiger partial charge in [0.15, 0.2) is 0 Å². The summed E-state index contributed by atoms with van der Waals surface area (Å²) in [6, 6.07) is 8.00. The number of hydrogen-bond donors (Lipinski definition) is 2. The summed E-state index contributed by atoms with van der Waals surface area (Å²) in [6.45, 7) is 6.01. The molecule has 0 amide bonds. The Kier molecular flexibility index (Phi) is 5.61. The highest BCUT2D eigenvalue weighted by Gasteiger charge is 2.31. The van der Waals surface area contributed by atoms with E-state index in [4.69, 9.17) is 0 Å². The molecule has 5 nitrogen and oxygen atoms in total. The molecule has 2 N–H and O–H groups in total. The first-order chi connectivity index (χ1) is 10.1. The molecule has 1 aliphatic rings. The van der Waals surface area contributed by atoms with Gasteiger partial charge in [0.05, 0.1) is 5.69 Å². The van der Waals surface area contributed by atoms with Crippen molar-refractivity contribution in [2.75, 3.05) is 23.9 Å². The minimum Gasteiger partial charge on any atom is -0.310 e. The van der Waals surface area contributed by atoms with Crippen LogP contribution < -0.4 is 14.3 Å². The van der Waals surface area contributed by atoms with Gasteiger partial charge in [-0.2, -0.15) is 13.1 Å². The van der Waals surface area contributed by atoms with Gasteiger partial charge < -0.3 is 5.32 Å². The molecular weight excluding hydrogens is 286 g/mol. The summed E-state index contributed by atoms with van der Waals surface area (Å²) >= 11 is 0. The van der Waals surface area contributed by atoms with Crippen LogP contribution in [0, 0.1) is 0 Å². The molecule has 0 aliphatic carbocycles. The van der Waals surface area contributed by atoms with E-state index in [1.807, 2.05) is 31.2 Å². The molecule has 1 atom stereocenters. The quantitative estimate of drug-likeness (QED) is 0.811. The fourth-order valence-electron chi connectivity index (χ4n) is 2.62. The Balaban J connectivity index is 2.26. The number of para-hydroxylation sites is 1. The molecule has 6 heteroatoms. The molecule has 0 spiro atoms. The maximum absolute atomic E-state index is 12.4. The number of anilines is 1. The van der Waals surface area contributed by atoms with Crippen molar-refractivity contribution in [1.82, 2.24) is 10.0 Å². The highest BCUT2D eigenvalue weighted by atomic mass is 32.2. The third kappa shape index (κ3) is 3.75. The molecule has 1 heterocycles. The predicted octanol–water partition coefficient (Wildman–Crippen LogP) is 2.18. The van der Waals surface area contributed by atoms with E-state index in [2.05, 4.69) is 17.0 Å². The number of benzene rings is 1. The van der Waals surface area contributed by atoms with Crippen molar-refractivity contribution in [2.24, 2.45) is 0 Å². The molecular formula is C15H25N3O2S. The molecule has 1 aliphatic heterocycles. The van der Waals surface area contributed by atoms with Gasteiger partial charge in [-0.15, -0.1) is 0 Å². The van der Waals surface area contributed by atoms with Crippen LogP contribution >= 0.6 is 0 Å². The second kappa shape index (κ2) is 7.24. The normalized spacial score (nSPS) is 18.6. The zero-order chi connectivity index (χ0) is 15.3. The summed E-state index contributed by atoms with van der Waals surface area (Å²) in [5.41, 5.74) is 1.86. The van der Waals surface area contributed by atoms with Crippen LogP contribution in [0.25, 0.3) is 0 Å². The second-order valence-corrected chi connectivity index (χ2v) is 7.01. The average Bonchev–Trinajstić information content (AvgIpc) is 2.50. The van der Waals surface area contributed by atoms with Gasteiger partial charge >= 0.3 is 10.2 Å². The van der Waals surface area contributed by atoms with Crippen LogP contribution in [0.15, 0.2) is 24.3 Å². The molecule has 1 aromatic rings. The van der Waals surface area contributed by atoms with Gasteiger partial charge in [0.1, 0.15) is 0 Å². The van der Waals surface area contributed by atoms with Gasteiger partial charge in [-0.25, -0.2) is 0 Å². The Morgan fingerprint density at radius 3 is 2.62 bits per heavy atom. The van der Waals surface area contributed by atoms with Crippen molar-refractivity contribution in [2.45, 2.75) is 39.2 Å². The van der Waals surface area contributed by atoms with Gasteiger partial charge in [0.25, 0.3) is 0 Å². The standard InChI is InChI=1S/C15H25N3O2S/c1-3-10-16-14-9-12-18(21(19,20)17-11-4-2)15-8-6-5-7-13(14)15/h5-8,14,16-17H,3-4,9-12H2,1-2H3. The molecule has 0 aromatic heterocycles. The fourth-order valence-corrected chi connectivity index (χ4v) is 4.01. The number of rotatable bonds is 7. The van der Waals surface area contributed by atoms with Crippen LogP contribution in [-0.2, 0) is 10.2 Å². The van der Waals surface area contributed by atoms with Crippen molar-refractivity contribution in [3.63, 3.8) is 0 Å². The van der Waals surface area contributed by atoms with Crippen LogP contribution in [0.3, 0.4) is 0 Å². The first-order valence-corrected chi connectivity index (χ1v) is 9.13. The maximum atomic E-state index is 12.4. The summed E-state index contributed by atoms with van der Waals surface area (Å²) in [4.78, 5) is 0. The largest absolute Gasteiger partial charge is 0.310 e. The highest BCUT2D eigenvalue weighted by Crippen LogP contribution is 2.34. The number of hydrogen-bond acceptors (Lipinski definition) is 3. The Morgan fingerprint density at radius 1 is 1.19 bits per heavy atom. The van der Waals surface area contributed by atoms with Gasteiger partial charge in [-0.1, -0.05) is 32.0 Å². The lowest BCUT2D eigenvalue weighted by molar-refractivity contribution is 0.487. The Labute approximate surface area is 127 Å². The van der Waals surface area contributed by atoms with E-state index < -0.39 is 10.2 Å². The van der Waals surface area contributed by atoms with E-state index >= 15 is 0 Å². The van der Waals surface area contributed by atoms with Crippen LogP contribution in [-0.4, -0.2) is 28.1 Å². The first kappa shape index (κ1) is 16.3. The highest BCUT2D eigenvalue weighted by molar-refractivity contribution is 7.90. The van der Waals surface area contributed by atoms with Crippen molar-refractivity contribution in [3.05, 3.63) is 29.8 Å². The molecule has 0 saturated carbocycles. The van der Waals surface area contributed by atoms with Crippen molar-refractivity contribution in [1.29, 1.82) is 0 Å². The van der Waals surface area contributed by atoms with E-state index in [9.17, 15) is 8.42 Å². The van der Waals surface area contributed by atoms with E-state index in [0.717, 1.165) is 37.1 Å². The second-order valence-electron chi connectivity index (χ2n) is 5.33. The van der Waals surface area contributed by atoms with Crippen LogP contribution in [0.4, 0.5) is 5.69 Å². The summed E-state index contributed by atoms with van der Waals surface area (Å²) < 4.78 is 29.0. The molecule has 0 fully saturated rings. The Bertz CT molecular complexity index is 560. The van der Waals surface area contributed by atoms with E-state index in [-0.39, 0.29) is 6.04 Å². The third-order valence-electron chi connectivity index (χ3n) is 3.67. The van der Waals surface area contributed by atoms with Crippen molar-refractivity contribution >= 4 is 15.9 Å². The van der Waals surface area contributed by atoms with E-state index in [0.29, 0.717) is 13.1 Å². The minimum absolute atomic E-state index is 0.235. The van der Waals surface area contributed by atoms with Gasteiger partial charge in [-0.3, -0.25) is 4.31 Å². The van der Waals surface area contributed by atoms with Crippen LogP contribution in [0.1, 0.15) is 44.7 Å². The smallest absolute Gasteiger partial charge is 0.301 e. The van der Waals surface area contributed by atoms with Crippen LogP contribution in [0.2, 0.25) is 0 Å². The van der Waals surface area contributed by atoms with Crippen LogP contribution in [0.5, 0.6) is 0 Å². The number of nitrogens with one attached hydrogen (secondary N) is 2. The van der Waals surface area contributed by atoms with Crippen molar-refractivity contribution in [3.8, 4) is 0 Å². The Hall–Kier alpha value is -1.11. The lowest BCUT2D eigenvalue weighted by atomic mass is 9.98. The predicted molar refractivity (Wildman–Crippen MR) is 86.7 cm³/mol. The van der Waals surface area contributed by atoms with Gasteiger partial charge in [-0.05, 0) is 37.4 Å². The zero-order valence-electron chi connectivity index (χ0n) is 12.8. The molecule has 118 valence electrons. The Morgan fingerprint density at radius 2 is 1.90 bits per heavy atom. The molecule has 21 heavy (non-hydrogen) atoms. The third-order valence-corrected chi connectivity index (χ3v) is 5.20. The maximum Gasteiger partial charge on any atom is 0.301 e. The topological polar surface area (TPSA) is 61.4 Å². The summed E-state index contributed by atoms with van der Waals surface area (Å²) in [5, 5.41) is 3.50. The first-order valence-electron chi connectivity index (χ1n) is 7.69. The molecule has 2 rings (SSSR count). The molecule has 0 bridgehead atoms. The zero-order valence-corrected chi connectivity index (χ0v) is 13.6. The summed E-state index contributed by atoms with van der Waals surface area (Å²) in [7, 11) is -3.45. The summed E-state index contributed by atoms with van der Waals surface area (Å²) in [6.07, 6.45) is 2.65. The van der Waals surface area contributed by atoms with E-state index in [1.165, 1.54) is 4.31 Å². The molecule has 0 saturated heterocycles. The average molecular weight is 311 g/mol. The lowest BCUT2D eigenvalue weighted by Gasteiger charge is -2.35. The number of nitrogens with zero attached hydrogens (tertiary/aromatic N) is 1. The SMILES string of the molecule is CCCNC1CCN(S(=O)(=O)NCCC)c2ccccc21. The monoisotopic (exact) mass is 311 g/mol.